The van der Waals surface area contributed by atoms with Crippen molar-refractivity contribution in [3.05, 3.63) is 71.9 Å². The number of aryl methyl sites for hydroxylation is 1. The van der Waals surface area contributed by atoms with Gasteiger partial charge in [0.2, 0.25) is 0 Å². The molecule has 0 radical (unpaired) electrons. The highest BCUT2D eigenvalue weighted by atomic mass is 16.7. The number of hydrogen-bond donors (Lipinski definition) is 1. The lowest BCUT2D eigenvalue weighted by molar-refractivity contribution is -0.190. The van der Waals surface area contributed by atoms with Crippen molar-refractivity contribution in [3.63, 3.8) is 0 Å². The van der Waals surface area contributed by atoms with E-state index in [1.165, 1.54) is 5.56 Å². The quantitative estimate of drug-likeness (QED) is 0.697. The molecule has 6 nitrogen and oxygen atoms in total. The number of benzene rings is 2. The van der Waals surface area contributed by atoms with Crippen LogP contribution < -0.4 is 10.1 Å². The molecule has 2 heterocycles. The lowest BCUT2D eigenvalue weighted by Gasteiger charge is -2.30. The fourth-order valence-electron chi connectivity index (χ4n) is 3.45. The van der Waals surface area contributed by atoms with Crippen molar-refractivity contribution in [2.75, 3.05) is 20.3 Å². The zero-order valence-corrected chi connectivity index (χ0v) is 16.3. The fraction of sp³-hybridized carbons (Fsp3) is 0.304. The minimum absolute atomic E-state index is 0.113. The second-order valence-corrected chi connectivity index (χ2v) is 7.02. The van der Waals surface area contributed by atoms with Crippen LogP contribution in [0.25, 0.3) is 10.9 Å². The number of rotatable bonds is 6. The number of fused-ring (bicyclic) bond motifs is 1. The molecule has 1 aromatic heterocycles. The SMILES string of the molecule is COc1ccc2nccc(CCC3OCC(NC(=O)c4ccccc4)CO3)c2c1. The van der Waals surface area contributed by atoms with Gasteiger partial charge in [0.1, 0.15) is 5.75 Å². The number of ether oxygens (including phenoxy) is 3. The van der Waals surface area contributed by atoms with Crippen LogP contribution in [0, 0.1) is 0 Å². The zero-order valence-electron chi connectivity index (χ0n) is 16.3. The van der Waals surface area contributed by atoms with Crippen LogP contribution in [0.4, 0.5) is 0 Å². The smallest absolute Gasteiger partial charge is 0.251 e. The Labute approximate surface area is 169 Å². The molecule has 0 spiro atoms. The van der Waals surface area contributed by atoms with E-state index in [0.717, 1.165) is 29.5 Å². The number of pyridine rings is 1. The minimum Gasteiger partial charge on any atom is -0.497 e. The molecular formula is C23H24N2O4. The molecule has 0 atom stereocenters. The van der Waals surface area contributed by atoms with Gasteiger partial charge < -0.3 is 19.5 Å². The maximum Gasteiger partial charge on any atom is 0.251 e. The molecule has 1 amide bonds. The highest BCUT2D eigenvalue weighted by molar-refractivity contribution is 5.94. The van der Waals surface area contributed by atoms with Crippen LogP contribution in [0.2, 0.25) is 0 Å². The number of hydrogen-bond acceptors (Lipinski definition) is 5. The first-order valence-corrected chi connectivity index (χ1v) is 9.73. The van der Waals surface area contributed by atoms with Gasteiger partial charge in [-0.2, -0.15) is 0 Å². The van der Waals surface area contributed by atoms with Crippen molar-refractivity contribution in [2.45, 2.75) is 25.2 Å². The maximum absolute atomic E-state index is 12.2. The molecule has 2 aromatic carbocycles. The summed E-state index contributed by atoms with van der Waals surface area (Å²) < 4.78 is 17.0. The first-order valence-electron chi connectivity index (χ1n) is 9.73. The van der Waals surface area contributed by atoms with Crippen molar-refractivity contribution in [3.8, 4) is 5.75 Å². The maximum atomic E-state index is 12.2. The number of aromatic nitrogens is 1. The van der Waals surface area contributed by atoms with E-state index in [0.29, 0.717) is 18.8 Å². The molecule has 1 fully saturated rings. The predicted molar refractivity (Wildman–Crippen MR) is 110 cm³/mol. The average Bonchev–Trinajstić information content (AvgIpc) is 2.78. The monoisotopic (exact) mass is 392 g/mol. The van der Waals surface area contributed by atoms with Crippen LogP contribution >= 0.6 is 0 Å². The molecular weight excluding hydrogens is 368 g/mol. The zero-order chi connectivity index (χ0) is 20.1. The Hall–Kier alpha value is -2.96. The van der Waals surface area contributed by atoms with E-state index < -0.39 is 0 Å². The lowest BCUT2D eigenvalue weighted by atomic mass is 10.0. The number of nitrogens with zero attached hydrogens (tertiary/aromatic N) is 1. The number of nitrogens with one attached hydrogen (secondary N) is 1. The van der Waals surface area contributed by atoms with Gasteiger partial charge in [-0.3, -0.25) is 9.78 Å². The van der Waals surface area contributed by atoms with Gasteiger partial charge in [0.05, 0.1) is 31.9 Å². The molecule has 29 heavy (non-hydrogen) atoms. The highest BCUT2D eigenvalue weighted by Crippen LogP contribution is 2.24. The predicted octanol–water partition coefficient (Wildman–Crippen LogP) is 3.35. The number of methoxy groups -OCH3 is 1. The summed E-state index contributed by atoms with van der Waals surface area (Å²) in [5, 5.41) is 4.03. The summed E-state index contributed by atoms with van der Waals surface area (Å²) in [5.41, 5.74) is 2.76. The summed E-state index contributed by atoms with van der Waals surface area (Å²) >= 11 is 0. The van der Waals surface area contributed by atoms with E-state index >= 15 is 0 Å². The van der Waals surface area contributed by atoms with Gasteiger partial charge in [-0.15, -0.1) is 0 Å². The van der Waals surface area contributed by atoms with Gasteiger partial charge >= 0.3 is 0 Å². The van der Waals surface area contributed by atoms with Crippen LogP contribution in [-0.4, -0.2) is 43.5 Å². The van der Waals surface area contributed by atoms with Crippen LogP contribution in [0.5, 0.6) is 5.75 Å². The topological polar surface area (TPSA) is 69.7 Å². The summed E-state index contributed by atoms with van der Waals surface area (Å²) in [7, 11) is 1.66. The first-order chi connectivity index (χ1) is 14.2. The van der Waals surface area contributed by atoms with Gasteiger partial charge in [-0.05, 0) is 48.4 Å². The molecule has 6 heteroatoms. The first kappa shape index (κ1) is 19.4. The van der Waals surface area contributed by atoms with E-state index in [9.17, 15) is 4.79 Å². The van der Waals surface area contributed by atoms with Crippen molar-refractivity contribution in [1.82, 2.24) is 10.3 Å². The third-order valence-electron chi connectivity index (χ3n) is 5.03. The number of amides is 1. The van der Waals surface area contributed by atoms with Crippen LogP contribution in [0.15, 0.2) is 60.8 Å². The number of carbonyl (C=O) groups is 1. The Balaban J connectivity index is 1.30. The van der Waals surface area contributed by atoms with Gasteiger partial charge in [0.25, 0.3) is 5.91 Å². The molecule has 4 rings (SSSR count). The third kappa shape index (κ3) is 4.72. The Morgan fingerprint density at radius 1 is 1.14 bits per heavy atom. The standard InChI is InChI=1S/C23H24N2O4/c1-27-19-8-9-21-20(13-19)16(11-12-24-21)7-10-22-28-14-18(15-29-22)25-23(26)17-5-3-2-4-6-17/h2-6,8-9,11-13,18,22H,7,10,14-15H2,1H3,(H,25,26). The molecule has 0 aliphatic carbocycles. The van der Waals surface area contributed by atoms with Crippen molar-refractivity contribution in [2.24, 2.45) is 0 Å². The summed E-state index contributed by atoms with van der Waals surface area (Å²) in [5.74, 6) is 0.701. The molecule has 1 saturated heterocycles. The molecule has 150 valence electrons. The molecule has 3 aromatic rings. The Morgan fingerprint density at radius 3 is 2.69 bits per heavy atom. The van der Waals surface area contributed by atoms with E-state index in [4.69, 9.17) is 14.2 Å². The fourth-order valence-corrected chi connectivity index (χ4v) is 3.45. The summed E-state index contributed by atoms with van der Waals surface area (Å²) in [4.78, 5) is 16.7. The van der Waals surface area contributed by atoms with Crippen LogP contribution in [-0.2, 0) is 15.9 Å². The molecule has 1 aliphatic rings. The van der Waals surface area contributed by atoms with E-state index in [1.807, 2.05) is 48.7 Å². The van der Waals surface area contributed by atoms with E-state index in [-0.39, 0.29) is 18.2 Å². The van der Waals surface area contributed by atoms with Gasteiger partial charge in [0, 0.05) is 23.6 Å². The van der Waals surface area contributed by atoms with E-state index in [1.54, 1.807) is 19.2 Å². The van der Waals surface area contributed by atoms with Crippen LogP contribution in [0.3, 0.4) is 0 Å². The number of carbonyl (C=O) groups excluding carboxylic acids is 1. The van der Waals surface area contributed by atoms with Crippen molar-refractivity contribution < 1.29 is 19.0 Å². The molecule has 1 N–H and O–H groups in total. The Morgan fingerprint density at radius 2 is 1.93 bits per heavy atom. The van der Waals surface area contributed by atoms with Crippen LogP contribution in [0.1, 0.15) is 22.3 Å². The van der Waals surface area contributed by atoms with Gasteiger partial charge in [0.15, 0.2) is 6.29 Å². The summed E-state index contributed by atoms with van der Waals surface area (Å²) in [6.45, 7) is 0.877. The third-order valence-corrected chi connectivity index (χ3v) is 5.03. The van der Waals surface area contributed by atoms with Crippen molar-refractivity contribution in [1.29, 1.82) is 0 Å². The normalized spacial score (nSPS) is 19.1. The molecule has 0 unspecified atom stereocenters. The summed E-state index contributed by atoms with van der Waals surface area (Å²) in [6.07, 6.45) is 3.07. The Kier molecular flexibility index (Phi) is 6.03. The second kappa shape index (κ2) is 9.03. The lowest BCUT2D eigenvalue weighted by Crippen LogP contribution is -2.47. The van der Waals surface area contributed by atoms with Gasteiger partial charge in [-0.25, -0.2) is 0 Å². The molecule has 0 bridgehead atoms. The van der Waals surface area contributed by atoms with Gasteiger partial charge in [-0.1, -0.05) is 18.2 Å². The van der Waals surface area contributed by atoms with Crippen molar-refractivity contribution >= 4 is 16.8 Å². The largest absolute Gasteiger partial charge is 0.497 e. The Bertz CT molecular complexity index is 969. The van der Waals surface area contributed by atoms with E-state index in [2.05, 4.69) is 10.3 Å². The molecule has 1 aliphatic heterocycles. The second-order valence-electron chi connectivity index (χ2n) is 7.02. The summed E-state index contributed by atoms with van der Waals surface area (Å²) in [6, 6.07) is 16.9. The molecule has 0 saturated carbocycles. The highest BCUT2D eigenvalue weighted by Gasteiger charge is 2.24. The average molecular weight is 392 g/mol. The minimum atomic E-state index is -0.284.